The number of aromatic nitrogens is 1. The van der Waals surface area contributed by atoms with Crippen LogP contribution in [0.2, 0.25) is 0 Å². The van der Waals surface area contributed by atoms with Crippen molar-refractivity contribution in [1.82, 2.24) is 4.57 Å². The minimum absolute atomic E-state index is 0.126. The van der Waals surface area contributed by atoms with Gasteiger partial charge in [0.15, 0.2) is 24.0 Å². The Kier molecular flexibility index (Phi) is 7.43. The highest BCUT2D eigenvalue weighted by atomic mass is 19.2. The van der Waals surface area contributed by atoms with Crippen LogP contribution in [-0.4, -0.2) is 22.9 Å². The number of carbonyl (C=O) groups excluding carboxylic acids is 2. The highest BCUT2D eigenvalue weighted by molar-refractivity contribution is 6.02. The van der Waals surface area contributed by atoms with E-state index in [9.17, 15) is 23.6 Å². The molecular weight excluding hydrogens is 378 g/mol. The fourth-order valence-electron chi connectivity index (χ4n) is 2.89. The number of hydrogen-bond acceptors (Lipinski definition) is 4. The average molecular weight is 400 g/mol. The van der Waals surface area contributed by atoms with Gasteiger partial charge in [0.25, 0.3) is 0 Å². The molecule has 1 heterocycles. The van der Waals surface area contributed by atoms with E-state index in [1.807, 2.05) is 19.9 Å². The number of Topliss-reactive ketones (excluding diaryl/α,β-unsaturated/α-hetero) is 1. The normalized spacial score (nSPS) is 11.2. The summed E-state index contributed by atoms with van der Waals surface area (Å²) < 4.78 is 33.2. The molecule has 29 heavy (non-hydrogen) atoms. The maximum absolute atomic E-state index is 13.2. The number of hydrogen-bond donors (Lipinski definition) is 0. The van der Waals surface area contributed by atoms with Crippen LogP contribution in [0.5, 0.6) is 0 Å². The van der Waals surface area contributed by atoms with Crippen molar-refractivity contribution in [3.05, 3.63) is 64.0 Å². The molecule has 1 aromatic heterocycles. The molecule has 5 nitrogen and oxygen atoms in total. The molecule has 7 heteroatoms. The SMILES string of the molecule is CCCCn1c(C)cc(/C=C(\C#N)C(=O)OCC(=O)c2ccc(F)c(F)c2)c1C. The van der Waals surface area contributed by atoms with E-state index < -0.39 is 30.0 Å². The Bertz CT molecular complexity index is 1000. The first kappa shape index (κ1) is 22.0. The van der Waals surface area contributed by atoms with Gasteiger partial charge in [-0.25, -0.2) is 13.6 Å². The molecule has 0 bridgehead atoms. The van der Waals surface area contributed by atoms with Gasteiger partial charge in [0.05, 0.1) is 0 Å². The van der Waals surface area contributed by atoms with Crippen molar-refractivity contribution in [2.45, 2.75) is 40.2 Å². The predicted molar refractivity (Wildman–Crippen MR) is 104 cm³/mol. The maximum Gasteiger partial charge on any atom is 0.349 e. The molecule has 2 aromatic rings. The average Bonchev–Trinajstić information content (AvgIpc) is 2.97. The van der Waals surface area contributed by atoms with E-state index in [2.05, 4.69) is 11.5 Å². The lowest BCUT2D eigenvalue weighted by Gasteiger charge is -2.08. The molecule has 0 fully saturated rings. The van der Waals surface area contributed by atoms with Gasteiger partial charge < -0.3 is 9.30 Å². The third kappa shape index (κ3) is 5.38. The number of halogens is 2. The number of esters is 1. The van der Waals surface area contributed by atoms with Gasteiger partial charge in [-0.05, 0) is 56.2 Å². The number of unbranched alkanes of at least 4 members (excludes halogenated alkanes) is 1. The highest BCUT2D eigenvalue weighted by Crippen LogP contribution is 2.19. The van der Waals surface area contributed by atoms with E-state index in [4.69, 9.17) is 4.74 Å². The lowest BCUT2D eigenvalue weighted by atomic mass is 10.1. The fourth-order valence-corrected chi connectivity index (χ4v) is 2.89. The van der Waals surface area contributed by atoms with Crippen LogP contribution < -0.4 is 0 Å². The van der Waals surface area contributed by atoms with Crippen molar-refractivity contribution >= 4 is 17.8 Å². The second-order valence-corrected chi connectivity index (χ2v) is 6.63. The molecule has 0 atom stereocenters. The zero-order valence-corrected chi connectivity index (χ0v) is 16.6. The van der Waals surface area contributed by atoms with Crippen molar-refractivity contribution in [1.29, 1.82) is 5.26 Å². The van der Waals surface area contributed by atoms with Crippen molar-refractivity contribution in [2.24, 2.45) is 0 Å². The monoisotopic (exact) mass is 400 g/mol. The minimum Gasteiger partial charge on any atom is -0.453 e. The Morgan fingerprint density at radius 1 is 1.21 bits per heavy atom. The number of benzene rings is 1. The molecule has 0 aliphatic carbocycles. The van der Waals surface area contributed by atoms with E-state index >= 15 is 0 Å². The Morgan fingerprint density at radius 3 is 2.55 bits per heavy atom. The summed E-state index contributed by atoms with van der Waals surface area (Å²) >= 11 is 0. The summed E-state index contributed by atoms with van der Waals surface area (Å²) in [5, 5.41) is 9.31. The third-order valence-corrected chi connectivity index (χ3v) is 4.56. The topological polar surface area (TPSA) is 72.1 Å². The number of carbonyl (C=O) groups is 2. The summed E-state index contributed by atoms with van der Waals surface area (Å²) in [6.07, 6.45) is 3.48. The smallest absolute Gasteiger partial charge is 0.349 e. The van der Waals surface area contributed by atoms with Crippen LogP contribution in [-0.2, 0) is 16.1 Å². The molecule has 0 spiro atoms. The first-order valence-electron chi connectivity index (χ1n) is 9.22. The van der Waals surface area contributed by atoms with Gasteiger partial charge in [-0.3, -0.25) is 4.79 Å². The number of rotatable bonds is 8. The first-order chi connectivity index (χ1) is 13.8. The molecule has 0 aliphatic rings. The van der Waals surface area contributed by atoms with Gasteiger partial charge in [-0.2, -0.15) is 5.26 Å². The van der Waals surface area contributed by atoms with Crippen LogP contribution in [0.4, 0.5) is 8.78 Å². The molecule has 2 rings (SSSR count). The van der Waals surface area contributed by atoms with Crippen molar-refractivity contribution in [3.63, 3.8) is 0 Å². The number of nitrogens with zero attached hydrogens (tertiary/aromatic N) is 2. The number of ketones is 1. The summed E-state index contributed by atoms with van der Waals surface area (Å²) in [7, 11) is 0. The summed E-state index contributed by atoms with van der Waals surface area (Å²) in [4.78, 5) is 24.2. The summed E-state index contributed by atoms with van der Waals surface area (Å²) in [6.45, 7) is 6.11. The van der Waals surface area contributed by atoms with E-state index in [0.717, 1.165) is 54.5 Å². The van der Waals surface area contributed by atoms with Gasteiger partial charge in [0.1, 0.15) is 11.6 Å². The van der Waals surface area contributed by atoms with E-state index in [1.165, 1.54) is 6.08 Å². The molecule has 0 saturated carbocycles. The Hall–Kier alpha value is -3.27. The van der Waals surface area contributed by atoms with Crippen LogP contribution >= 0.6 is 0 Å². The molecule has 0 amide bonds. The van der Waals surface area contributed by atoms with E-state index in [0.29, 0.717) is 0 Å². The molecule has 0 aliphatic heterocycles. The maximum atomic E-state index is 13.2. The first-order valence-corrected chi connectivity index (χ1v) is 9.22. The van der Waals surface area contributed by atoms with Gasteiger partial charge in [0, 0.05) is 23.5 Å². The lowest BCUT2D eigenvalue weighted by Crippen LogP contribution is -2.15. The summed E-state index contributed by atoms with van der Waals surface area (Å²) in [5.41, 5.74) is 2.28. The van der Waals surface area contributed by atoms with E-state index in [1.54, 1.807) is 6.07 Å². The zero-order chi connectivity index (χ0) is 21.6. The van der Waals surface area contributed by atoms with Crippen LogP contribution in [0.1, 0.15) is 47.1 Å². The van der Waals surface area contributed by atoms with Gasteiger partial charge in [-0.1, -0.05) is 13.3 Å². The predicted octanol–water partition coefficient (Wildman–Crippen LogP) is 4.52. The van der Waals surface area contributed by atoms with Crippen molar-refractivity contribution in [3.8, 4) is 6.07 Å². The molecule has 0 N–H and O–H groups in total. The van der Waals surface area contributed by atoms with Crippen LogP contribution in [0.25, 0.3) is 6.08 Å². The molecular formula is C22H22F2N2O3. The van der Waals surface area contributed by atoms with Gasteiger partial charge in [-0.15, -0.1) is 0 Å². The molecule has 0 saturated heterocycles. The van der Waals surface area contributed by atoms with Crippen LogP contribution in [0.15, 0.2) is 29.8 Å². The number of nitriles is 1. The number of aryl methyl sites for hydroxylation is 1. The van der Waals surface area contributed by atoms with E-state index in [-0.39, 0.29) is 11.1 Å². The molecule has 152 valence electrons. The Morgan fingerprint density at radius 2 is 1.93 bits per heavy atom. The second-order valence-electron chi connectivity index (χ2n) is 6.63. The van der Waals surface area contributed by atoms with Crippen molar-refractivity contribution < 1.29 is 23.1 Å². The van der Waals surface area contributed by atoms with Crippen LogP contribution in [0.3, 0.4) is 0 Å². The standard InChI is InChI=1S/C22H22F2N2O3/c1-4-5-8-26-14(2)9-17(15(26)3)10-18(12-25)22(28)29-13-21(27)16-6-7-19(23)20(24)11-16/h6-7,9-11H,4-5,8,13H2,1-3H3/b18-10+. The number of ether oxygens (including phenoxy) is 1. The highest BCUT2D eigenvalue weighted by Gasteiger charge is 2.17. The van der Waals surface area contributed by atoms with Gasteiger partial charge in [0.2, 0.25) is 0 Å². The second kappa shape index (κ2) is 9.78. The van der Waals surface area contributed by atoms with Crippen LogP contribution in [0, 0.1) is 36.8 Å². The summed E-state index contributed by atoms with van der Waals surface area (Å²) in [6, 6.07) is 6.31. The Balaban J connectivity index is 2.11. The quantitative estimate of drug-likeness (QED) is 0.283. The minimum atomic E-state index is -1.17. The lowest BCUT2D eigenvalue weighted by molar-refractivity contribution is -0.137. The largest absolute Gasteiger partial charge is 0.453 e. The molecule has 1 aromatic carbocycles. The molecule has 0 radical (unpaired) electrons. The third-order valence-electron chi connectivity index (χ3n) is 4.56. The zero-order valence-electron chi connectivity index (χ0n) is 16.6. The van der Waals surface area contributed by atoms with Gasteiger partial charge >= 0.3 is 5.97 Å². The summed E-state index contributed by atoms with van der Waals surface area (Å²) in [5.74, 6) is -3.91. The van der Waals surface area contributed by atoms with Crippen molar-refractivity contribution in [2.75, 3.05) is 6.61 Å². The fraction of sp³-hybridized carbons (Fsp3) is 0.318. The Labute approximate surface area is 168 Å². The molecule has 0 unspecified atom stereocenters.